The van der Waals surface area contributed by atoms with Crippen LogP contribution in [0, 0.1) is 0 Å². The molecule has 0 unspecified atom stereocenters. The van der Waals surface area contributed by atoms with E-state index in [2.05, 4.69) is 17.0 Å². The lowest BCUT2D eigenvalue weighted by molar-refractivity contribution is -0.151. The number of rotatable bonds is 15. The third-order valence-electron chi connectivity index (χ3n) is 2.98. The van der Waals surface area contributed by atoms with Crippen molar-refractivity contribution < 1.29 is 46.6 Å². The number of hydrogen-bond acceptors (Lipinski definition) is 10. The maximum atomic E-state index is 13.2. The molecule has 0 radical (unpaired) electrons. The van der Waals surface area contributed by atoms with Crippen LogP contribution < -0.4 is 0 Å². The molecule has 13 heteroatoms. The van der Waals surface area contributed by atoms with E-state index in [4.69, 9.17) is 27.9 Å². The zero-order chi connectivity index (χ0) is 20.9. The second-order valence-corrected chi connectivity index (χ2v) is 10.0. The molecule has 10 nitrogen and oxygen atoms in total. The van der Waals surface area contributed by atoms with Crippen LogP contribution in [0.5, 0.6) is 0 Å². The summed E-state index contributed by atoms with van der Waals surface area (Å²) >= 11 is 4.27. The average Bonchev–Trinajstić information content (AvgIpc) is 2.55. The zero-order valence-electron chi connectivity index (χ0n) is 16.0. The first-order valence-electron chi connectivity index (χ1n) is 8.47. The van der Waals surface area contributed by atoms with Gasteiger partial charge in [-0.05, 0) is 34.1 Å². The Labute approximate surface area is 164 Å². The van der Waals surface area contributed by atoms with Gasteiger partial charge in [0.2, 0.25) is 6.79 Å². The van der Waals surface area contributed by atoms with Crippen molar-refractivity contribution >= 4 is 38.6 Å². The molecule has 0 aliphatic carbocycles. The van der Waals surface area contributed by atoms with E-state index >= 15 is 0 Å². The van der Waals surface area contributed by atoms with E-state index in [0.717, 1.165) is 0 Å². The first-order valence-corrected chi connectivity index (χ1v) is 12.1. The molecular formula is C14H28O10P2S. The van der Waals surface area contributed by atoms with E-state index in [1.165, 1.54) is 0 Å². The molecule has 0 atom stereocenters. The van der Waals surface area contributed by atoms with Gasteiger partial charge in [0.15, 0.2) is 5.40 Å². The van der Waals surface area contributed by atoms with E-state index in [-0.39, 0.29) is 39.3 Å². The second-order valence-electron chi connectivity index (χ2n) is 4.81. The van der Waals surface area contributed by atoms with Crippen molar-refractivity contribution in [2.45, 2.75) is 45.9 Å². The number of carbonyl (C=O) groups excluding carboxylic acids is 1. The monoisotopic (exact) mass is 450 g/mol. The summed E-state index contributed by atoms with van der Waals surface area (Å²) in [7, 11) is -7.84. The number of hydrogen-bond donors (Lipinski definition) is 1. The van der Waals surface area contributed by atoms with Crippen molar-refractivity contribution in [3.8, 4) is 0 Å². The number of carbonyl (C=O) groups is 1. The maximum absolute atomic E-state index is 13.2. The average molecular weight is 450 g/mol. The minimum Gasteiger partial charge on any atom is -0.472 e. The van der Waals surface area contributed by atoms with Crippen LogP contribution in [-0.4, -0.2) is 54.9 Å². The summed E-state index contributed by atoms with van der Waals surface area (Å²) in [6, 6.07) is 0. The van der Waals surface area contributed by atoms with Gasteiger partial charge in [-0.3, -0.25) is 13.9 Å². The van der Waals surface area contributed by atoms with Crippen molar-refractivity contribution in [2.75, 3.05) is 33.2 Å². The number of thiocarbonyl (C=S) groups is 1. The van der Waals surface area contributed by atoms with Gasteiger partial charge in [0, 0.05) is 18.6 Å². The fourth-order valence-corrected chi connectivity index (χ4v) is 7.49. The summed E-state index contributed by atoms with van der Waals surface area (Å²) in [5, 5.41) is 6.63. The van der Waals surface area contributed by atoms with E-state index in [1.54, 1.807) is 27.7 Å². The third-order valence-corrected chi connectivity index (χ3v) is 9.24. The van der Waals surface area contributed by atoms with Gasteiger partial charge in [-0.1, -0.05) is 0 Å². The van der Waals surface area contributed by atoms with E-state index in [1.807, 2.05) is 0 Å². The Morgan fingerprint density at radius 2 is 1.30 bits per heavy atom. The van der Waals surface area contributed by atoms with Crippen molar-refractivity contribution in [3.63, 3.8) is 0 Å². The summed E-state index contributed by atoms with van der Waals surface area (Å²) in [4.78, 5) is 11.8. The molecule has 27 heavy (non-hydrogen) atoms. The van der Waals surface area contributed by atoms with Gasteiger partial charge in [-0.15, -0.1) is 0 Å². The van der Waals surface area contributed by atoms with Gasteiger partial charge in [-0.25, -0.2) is 0 Å². The summed E-state index contributed by atoms with van der Waals surface area (Å²) in [6.07, 6.45) is -0.489. The largest absolute Gasteiger partial charge is 0.472 e. The minimum absolute atomic E-state index is 0.0399. The number of aliphatic hydroxyl groups is 1. The molecule has 0 spiro atoms. The highest BCUT2D eigenvalue weighted by Crippen LogP contribution is 2.71. The smallest absolute Gasteiger partial charge is 0.352 e. The molecule has 0 saturated heterocycles. The van der Waals surface area contributed by atoms with Crippen LogP contribution in [0.25, 0.3) is 0 Å². The van der Waals surface area contributed by atoms with Gasteiger partial charge in [0.25, 0.3) is 0 Å². The van der Waals surface area contributed by atoms with Crippen LogP contribution in [0.3, 0.4) is 0 Å². The Hall–Kier alpha value is -0.540. The minimum atomic E-state index is -3.92. The van der Waals surface area contributed by atoms with Crippen molar-refractivity contribution in [3.05, 3.63) is 0 Å². The first kappa shape index (κ1) is 26.5. The molecule has 1 N–H and O–H groups in total. The fraction of sp³-hybridized carbons (Fsp3) is 0.857. The Morgan fingerprint density at radius 3 is 1.63 bits per heavy atom. The highest BCUT2D eigenvalue weighted by molar-refractivity contribution is 7.79. The summed E-state index contributed by atoms with van der Waals surface area (Å²) < 4.78 is 56.8. The number of aliphatic hydroxyl groups excluding tert-OH is 1. The molecule has 160 valence electrons. The number of esters is 1. The van der Waals surface area contributed by atoms with Crippen molar-refractivity contribution in [1.82, 2.24) is 0 Å². The van der Waals surface area contributed by atoms with Crippen LogP contribution in [0.1, 0.15) is 40.5 Å². The van der Waals surface area contributed by atoms with Gasteiger partial charge in [0.05, 0.1) is 26.4 Å². The van der Waals surface area contributed by atoms with Crippen LogP contribution in [0.4, 0.5) is 0 Å². The predicted octanol–water partition coefficient (Wildman–Crippen LogP) is 3.99. The molecule has 0 amide bonds. The van der Waals surface area contributed by atoms with Gasteiger partial charge in [-0.2, -0.15) is 0 Å². The highest BCUT2D eigenvalue weighted by Gasteiger charge is 2.50. The first-order chi connectivity index (χ1) is 12.7. The van der Waals surface area contributed by atoms with E-state index < -0.39 is 38.6 Å². The number of ether oxygens (including phenoxy) is 2. The molecule has 0 aromatic rings. The predicted molar refractivity (Wildman–Crippen MR) is 102 cm³/mol. The molecule has 0 aromatic heterocycles. The van der Waals surface area contributed by atoms with Crippen LogP contribution in [0.15, 0.2) is 0 Å². The Kier molecular flexibility index (Phi) is 13.3. The third kappa shape index (κ3) is 9.47. The summed E-state index contributed by atoms with van der Waals surface area (Å²) in [5.74, 6) is -0.754. The fourth-order valence-electron chi connectivity index (χ4n) is 2.09. The standard InChI is InChI=1S/C14H28O10P2S/c1-5-21-25(17,22-6-2)13(26(18,23-7-3)24-8-4)10-9-12(15)19-11-20-14(16)27/h13H,5-11H2,1-4H3,(H,16,27). The van der Waals surface area contributed by atoms with E-state index in [0.29, 0.717) is 0 Å². The molecule has 0 saturated carbocycles. The molecule has 0 bridgehead atoms. The van der Waals surface area contributed by atoms with Crippen LogP contribution in [-0.2, 0) is 41.5 Å². The Morgan fingerprint density at radius 1 is 0.889 bits per heavy atom. The maximum Gasteiger partial charge on any atom is 0.352 e. The van der Waals surface area contributed by atoms with Gasteiger partial charge >= 0.3 is 26.4 Å². The highest BCUT2D eigenvalue weighted by atomic mass is 32.1. The molecule has 0 fully saturated rings. The second kappa shape index (κ2) is 13.6. The lowest BCUT2D eigenvalue weighted by atomic mass is 10.3. The van der Waals surface area contributed by atoms with Gasteiger partial charge in [0.1, 0.15) is 0 Å². The van der Waals surface area contributed by atoms with Crippen LogP contribution >= 0.6 is 27.4 Å². The molecule has 0 aliphatic rings. The summed E-state index contributed by atoms with van der Waals surface area (Å²) in [5.41, 5.74) is 0. The molecule has 0 heterocycles. The Bertz CT molecular complexity index is 506. The topological polar surface area (TPSA) is 127 Å². The lowest BCUT2D eigenvalue weighted by Crippen LogP contribution is -2.20. The van der Waals surface area contributed by atoms with Crippen molar-refractivity contribution in [2.24, 2.45) is 0 Å². The molecular weight excluding hydrogens is 422 g/mol. The molecule has 0 aliphatic heterocycles. The normalized spacial score (nSPS) is 12.2. The van der Waals surface area contributed by atoms with E-state index in [9.17, 15) is 13.9 Å². The quantitative estimate of drug-likeness (QED) is 0.168. The molecule has 0 aromatic carbocycles. The lowest BCUT2D eigenvalue weighted by Gasteiger charge is -2.31. The van der Waals surface area contributed by atoms with Crippen LogP contribution in [0.2, 0.25) is 0 Å². The zero-order valence-corrected chi connectivity index (χ0v) is 18.6. The summed E-state index contributed by atoms with van der Waals surface area (Å²) in [6.45, 7) is 6.02. The van der Waals surface area contributed by atoms with Crippen molar-refractivity contribution in [1.29, 1.82) is 0 Å². The SMILES string of the molecule is CCOP(=O)(OCC)C(CCC(=O)OCOC(O)=S)P(=O)(OCC)OCC. The Balaban J connectivity index is 5.45. The van der Waals surface area contributed by atoms with Gasteiger partial charge < -0.3 is 32.7 Å². The molecule has 0 rings (SSSR count).